The van der Waals surface area contributed by atoms with E-state index >= 15 is 0 Å². The summed E-state index contributed by atoms with van der Waals surface area (Å²) in [5.74, 6) is 0.425. The van der Waals surface area contributed by atoms with Crippen LogP contribution in [0.5, 0.6) is 0 Å². The van der Waals surface area contributed by atoms with Crippen molar-refractivity contribution in [2.75, 3.05) is 6.61 Å². The number of carbonyl (C=O) groups excluding carboxylic acids is 1. The van der Waals surface area contributed by atoms with Crippen LogP contribution in [0.4, 0.5) is 0 Å². The fourth-order valence-electron chi connectivity index (χ4n) is 1.43. The Labute approximate surface area is 85.4 Å². The molecule has 1 aliphatic rings. The predicted octanol–water partition coefficient (Wildman–Crippen LogP) is 1.49. The van der Waals surface area contributed by atoms with Crippen LogP contribution >= 0.6 is 12.4 Å². The molecule has 1 saturated carbocycles. The van der Waals surface area contributed by atoms with Crippen LogP contribution in [0.1, 0.15) is 32.6 Å². The summed E-state index contributed by atoms with van der Waals surface area (Å²) in [6, 6.07) is -0.393. The van der Waals surface area contributed by atoms with E-state index in [9.17, 15) is 4.79 Å². The molecule has 4 heteroatoms. The Bertz CT molecular complexity index is 160. The number of halogens is 1. The normalized spacial score (nSPS) is 18.3. The molecule has 1 rings (SSSR count). The summed E-state index contributed by atoms with van der Waals surface area (Å²) in [6.07, 6.45) is 4.55. The van der Waals surface area contributed by atoms with E-state index in [4.69, 9.17) is 10.5 Å². The maximum Gasteiger partial charge on any atom is 0.322 e. The van der Waals surface area contributed by atoms with Crippen molar-refractivity contribution in [1.29, 1.82) is 0 Å². The molecule has 1 atom stereocenters. The third kappa shape index (κ3) is 3.96. The van der Waals surface area contributed by atoms with Gasteiger partial charge < -0.3 is 10.5 Å². The van der Waals surface area contributed by atoms with Crippen molar-refractivity contribution in [2.45, 2.75) is 38.6 Å². The van der Waals surface area contributed by atoms with Gasteiger partial charge >= 0.3 is 5.97 Å². The monoisotopic (exact) mass is 207 g/mol. The largest absolute Gasteiger partial charge is 0.465 e. The first kappa shape index (κ1) is 12.7. The second-order valence-electron chi connectivity index (χ2n) is 3.39. The van der Waals surface area contributed by atoms with Gasteiger partial charge in [-0.3, -0.25) is 4.79 Å². The highest BCUT2D eigenvalue weighted by molar-refractivity contribution is 5.85. The van der Waals surface area contributed by atoms with Crippen LogP contribution < -0.4 is 5.73 Å². The smallest absolute Gasteiger partial charge is 0.322 e. The van der Waals surface area contributed by atoms with Crippen molar-refractivity contribution in [3.8, 4) is 0 Å². The van der Waals surface area contributed by atoms with E-state index in [2.05, 4.69) is 0 Å². The van der Waals surface area contributed by atoms with Crippen molar-refractivity contribution in [3.63, 3.8) is 0 Å². The van der Waals surface area contributed by atoms with Crippen LogP contribution in [-0.2, 0) is 9.53 Å². The van der Waals surface area contributed by atoms with E-state index in [-0.39, 0.29) is 18.4 Å². The van der Waals surface area contributed by atoms with Crippen molar-refractivity contribution in [2.24, 2.45) is 11.7 Å². The van der Waals surface area contributed by atoms with Crippen molar-refractivity contribution in [3.05, 3.63) is 0 Å². The van der Waals surface area contributed by atoms with Crippen LogP contribution in [0, 0.1) is 5.92 Å². The number of nitrogens with two attached hydrogens (primary N) is 1. The molecular formula is C9H18ClNO2. The molecule has 0 aromatic carbocycles. The van der Waals surface area contributed by atoms with Crippen LogP contribution in [0.2, 0.25) is 0 Å². The number of rotatable bonds is 4. The quantitative estimate of drug-likeness (QED) is 0.711. The van der Waals surface area contributed by atoms with Gasteiger partial charge in [-0.1, -0.05) is 19.3 Å². The molecule has 0 aliphatic heterocycles. The van der Waals surface area contributed by atoms with E-state index in [1.807, 2.05) is 0 Å². The van der Waals surface area contributed by atoms with Crippen LogP contribution in [0.15, 0.2) is 0 Å². The lowest BCUT2D eigenvalue weighted by atomic mass is 9.81. The lowest BCUT2D eigenvalue weighted by Gasteiger charge is -2.27. The van der Waals surface area contributed by atoms with Crippen LogP contribution in [0.3, 0.4) is 0 Å². The zero-order chi connectivity index (χ0) is 8.97. The molecule has 1 unspecified atom stereocenters. The van der Waals surface area contributed by atoms with Gasteiger partial charge in [0.25, 0.3) is 0 Å². The highest BCUT2D eigenvalue weighted by Crippen LogP contribution is 2.30. The van der Waals surface area contributed by atoms with E-state index < -0.39 is 6.04 Å². The Morgan fingerprint density at radius 1 is 1.62 bits per heavy atom. The van der Waals surface area contributed by atoms with Crippen molar-refractivity contribution < 1.29 is 9.53 Å². The summed E-state index contributed by atoms with van der Waals surface area (Å²) >= 11 is 0. The minimum absolute atomic E-state index is 0. The predicted molar refractivity (Wildman–Crippen MR) is 53.8 cm³/mol. The molecule has 2 N–H and O–H groups in total. The molecule has 0 saturated heterocycles. The molecule has 0 heterocycles. The van der Waals surface area contributed by atoms with Gasteiger partial charge in [0, 0.05) is 0 Å². The maximum atomic E-state index is 11.1. The van der Waals surface area contributed by atoms with E-state index in [0.717, 1.165) is 6.42 Å². The molecular weight excluding hydrogens is 190 g/mol. The van der Waals surface area contributed by atoms with E-state index in [1.165, 1.54) is 19.3 Å². The highest BCUT2D eigenvalue weighted by atomic mass is 35.5. The molecule has 0 amide bonds. The third-order valence-corrected chi connectivity index (χ3v) is 2.40. The summed E-state index contributed by atoms with van der Waals surface area (Å²) in [6.45, 7) is 2.23. The standard InChI is InChI=1S/C9H17NO2.ClH/c1-2-12-9(11)8(10)6-7-4-3-5-7;/h7-8H,2-6,10H2,1H3;1H. The molecule has 13 heavy (non-hydrogen) atoms. The van der Waals surface area contributed by atoms with Gasteiger partial charge in [-0.25, -0.2) is 0 Å². The zero-order valence-corrected chi connectivity index (χ0v) is 8.81. The van der Waals surface area contributed by atoms with Gasteiger partial charge in [0.2, 0.25) is 0 Å². The van der Waals surface area contributed by atoms with Gasteiger partial charge in [-0.2, -0.15) is 0 Å². The SMILES string of the molecule is CCOC(=O)C(N)CC1CCC1.Cl. The summed E-state index contributed by atoms with van der Waals surface area (Å²) in [7, 11) is 0. The minimum Gasteiger partial charge on any atom is -0.465 e. The second-order valence-corrected chi connectivity index (χ2v) is 3.39. The fraction of sp³-hybridized carbons (Fsp3) is 0.889. The summed E-state index contributed by atoms with van der Waals surface area (Å²) in [5, 5.41) is 0. The molecule has 0 aromatic heterocycles. The Morgan fingerprint density at radius 2 is 2.23 bits per heavy atom. The topological polar surface area (TPSA) is 52.3 Å². The minimum atomic E-state index is -0.393. The number of carbonyl (C=O) groups is 1. The Kier molecular flexibility index (Phi) is 6.08. The first-order valence-electron chi connectivity index (χ1n) is 4.66. The van der Waals surface area contributed by atoms with Crippen molar-refractivity contribution in [1.82, 2.24) is 0 Å². The van der Waals surface area contributed by atoms with Gasteiger partial charge in [-0.05, 0) is 19.3 Å². The Balaban J connectivity index is 0.00000144. The molecule has 0 bridgehead atoms. The fourth-order valence-corrected chi connectivity index (χ4v) is 1.43. The van der Waals surface area contributed by atoms with Crippen molar-refractivity contribution >= 4 is 18.4 Å². The van der Waals surface area contributed by atoms with Crippen LogP contribution in [0.25, 0.3) is 0 Å². The molecule has 3 nitrogen and oxygen atoms in total. The Hall–Kier alpha value is -0.280. The van der Waals surface area contributed by atoms with Gasteiger partial charge in [0.15, 0.2) is 0 Å². The Morgan fingerprint density at radius 3 is 2.62 bits per heavy atom. The van der Waals surface area contributed by atoms with Gasteiger partial charge in [-0.15, -0.1) is 12.4 Å². The highest BCUT2D eigenvalue weighted by Gasteiger charge is 2.24. The second kappa shape index (κ2) is 6.22. The lowest BCUT2D eigenvalue weighted by molar-refractivity contribution is -0.145. The molecule has 0 aromatic rings. The maximum absolute atomic E-state index is 11.1. The van der Waals surface area contributed by atoms with Gasteiger partial charge in [0.1, 0.15) is 6.04 Å². The molecule has 78 valence electrons. The molecule has 0 spiro atoms. The summed E-state index contributed by atoms with van der Waals surface area (Å²) < 4.78 is 4.81. The first-order chi connectivity index (χ1) is 5.74. The number of hydrogen-bond acceptors (Lipinski definition) is 3. The van der Waals surface area contributed by atoms with Crippen LogP contribution in [-0.4, -0.2) is 18.6 Å². The molecule has 1 aliphatic carbocycles. The zero-order valence-electron chi connectivity index (χ0n) is 7.99. The number of esters is 1. The first-order valence-corrected chi connectivity index (χ1v) is 4.66. The molecule has 1 fully saturated rings. The average Bonchev–Trinajstić information content (AvgIpc) is 1.97. The molecule has 0 radical (unpaired) electrons. The van der Waals surface area contributed by atoms with E-state index in [1.54, 1.807) is 6.92 Å². The lowest BCUT2D eigenvalue weighted by Crippen LogP contribution is -2.35. The number of ether oxygens (including phenoxy) is 1. The van der Waals surface area contributed by atoms with E-state index in [0.29, 0.717) is 12.5 Å². The summed E-state index contributed by atoms with van der Waals surface area (Å²) in [4.78, 5) is 11.1. The summed E-state index contributed by atoms with van der Waals surface area (Å²) in [5.41, 5.74) is 5.64. The van der Waals surface area contributed by atoms with Gasteiger partial charge in [0.05, 0.1) is 6.61 Å². The number of hydrogen-bond donors (Lipinski definition) is 1. The average molecular weight is 208 g/mol. The third-order valence-electron chi connectivity index (χ3n) is 2.40.